The minimum absolute atomic E-state index is 0.0875. The van der Waals surface area contributed by atoms with Crippen LogP contribution in [0.5, 0.6) is 0 Å². The third kappa shape index (κ3) is 4.59. The van der Waals surface area contributed by atoms with Crippen LogP contribution >= 0.6 is 0 Å². The Bertz CT molecular complexity index is 1060. The summed E-state index contributed by atoms with van der Waals surface area (Å²) in [5, 5.41) is 10.9. The third-order valence-corrected chi connectivity index (χ3v) is 7.78. The molecule has 7 heteroatoms. The molecule has 168 valence electrons. The summed E-state index contributed by atoms with van der Waals surface area (Å²) in [6.07, 6.45) is 1.34. The largest absolute Gasteiger partial charge is 0.387 e. The number of benzene rings is 2. The second-order valence-electron chi connectivity index (χ2n) is 9.09. The quantitative estimate of drug-likeness (QED) is 0.770. The number of nitrogens with zero attached hydrogens (tertiary/aromatic N) is 3. The van der Waals surface area contributed by atoms with E-state index in [0.29, 0.717) is 13.0 Å². The van der Waals surface area contributed by atoms with E-state index in [1.54, 1.807) is 0 Å². The van der Waals surface area contributed by atoms with Gasteiger partial charge in [0.05, 0.1) is 18.0 Å². The molecule has 0 saturated carbocycles. The smallest absolute Gasteiger partial charge is 0.232 e. The summed E-state index contributed by atoms with van der Waals surface area (Å²) in [4.78, 5) is 4.74. The van der Waals surface area contributed by atoms with Crippen molar-refractivity contribution >= 4 is 21.4 Å². The van der Waals surface area contributed by atoms with Crippen LogP contribution in [0.25, 0.3) is 0 Å². The molecule has 1 saturated heterocycles. The normalized spacial score (nSPS) is 20.7. The fourth-order valence-corrected chi connectivity index (χ4v) is 6.18. The maximum absolute atomic E-state index is 12.1. The highest BCUT2D eigenvalue weighted by atomic mass is 32.2. The fraction of sp³-hybridized carbons (Fsp3) is 0.500. The molecule has 2 aromatic carbocycles. The summed E-state index contributed by atoms with van der Waals surface area (Å²) in [6.45, 7) is 10.5. The van der Waals surface area contributed by atoms with E-state index in [2.05, 4.69) is 41.8 Å². The summed E-state index contributed by atoms with van der Waals surface area (Å²) in [6, 6.07) is 12.2. The number of β-amino-alcohol motifs (C(OH)–C–C–N with tert-alkyl or cyclic N) is 1. The number of hydrogen-bond donors (Lipinski definition) is 1. The molecule has 0 amide bonds. The molecule has 0 aliphatic carbocycles. The van der Waals surface area contributed by atoms with Crippen molar-refractivity contribution in [3.05, 3.63) is 58.7 Å². The van der Waals surface area contributed by atoms with E-state index in [1.807, 2.05) is 25.1 Å². The number of hydrogen-bond acceptors (Lipinski definition) is 5. The maximum Gasteiger partial charge on any atom is 0.232 e. The number of piperazine rings is 1. The Kier molecular flexibility index (Phi) is 6.03. The number of fused-ring (bicyclic) bond motifs is 1. The zero-order valence-corrected chi connectivity index (χ0v) is 19.7. The zero-order valence-electron chi connectivity index (χ0n) is 18.9. The third-order valence-electron chi connectivity index (χ3n) is 6.51. The lowest BCUT2D eigenvalue weighted by molar-refractivity contribution is 0.109. The van der Waals surface area contributed by atoms with Crippen LogP contribution in [0.4, 0.5) is 11.4 Å². The predicted molar refractivity (Wildman–Crippen MR) is 126 cm³/mol. The lowest BCUT2D eigenvalue weighted by atomic mass is 10.0. The van der Waals surface area contributed by atoms with Crippen LogP contribution in [0.15, 0.2) is 36.4 Å². The molecule has 0 spiro atoms. The molecule has 6 nitrogen and oxygen atoms in total. The molecule has 1 fully saturated rings. The average Bonchev–Trinajstić information content (AvgIpc) is 3.05. The number of anilines is 2. The predicted octanol–water partition coefficient (Wildman–Crippen LogP) is 2.87. The monoisotopic (exact) mass is 443 g/mol. The van der Waals surface area contributed by atoms with Crippen molar-refractivity contribution in [3.8, 4) is 0 Å². The van der Waals surface area contributed by atoms with Crippen LogP contribution in [0.2, 0.25) is 0 Å². The van der Waals surface area contributed by atoms with Gasteiger partial charge in [0.15, 0.2) is 0 Å². The minimum atomic E-state index is -3.30. The molecule has 2 heterocycles. The molecule has 2 atom stereocenters. The molecule has 0 aromatic heterocycles. The molecule has 31 heavy (non-hydrogen) atoms. The van der Waals surface area contributed by atoms with Gasteiger partial charge in [0.25, 0.3) is 0 Å². The average molecular weight is 444 g/mol. The van der Waals surface area contributed by atoms with Gasteiger partial charge >= 0.3 is 0 Å². The van der Waals surface area contributed by atoms with Gasteiger partial charge in [-0.2, -0.15) is 0 Å². The number of sulfonamides is 1. The highest BCUT2D eigenvalue weighted by molar-refractivity contribution is 7.92. The lowest BCUT2D eigenvalue weighted by Crippen LogP contribution is -2.47. The van der Waals surface area contributed by atoms with Gasteiger partial charge in [0.1, 0.15) is 0 Å². The minimum Gasteiger partial charge on any atom is -0.387 e. The molecule has 0 bridgehead atoms. The standard InChI is InChI=1S/C24H33N3O3S/c1-17-5-6-18(2)23(13-17)26-11-9-25(10-12-26)16-24(28)20-7-8-22-21(15-20)14-19(3)27(22)31(4,29)30/h5-8,13,15,19,24,28H,9-12,14,16H2,1-4H3/t19-,24-/m0/s1. The fourth-order valence-electron chi connectivity index (χ4n) is 4.92. The van der Waals surface area contributed by atoms with Gasteiger partial charge in [0, 0.05) is 44.5 Å². The van der Waals surface area contributed by atoms with E-state index < -0.39 is 16.1 Å². The van der Waals surface area contributed by atoms with Gasteiger partial charge in [-0.15, -0.1) is 0 Å². The molecule has 0 unspecified atom stereocenters. The first-order valence-corrected chi connectivity index (χ1v) is 12.8. The van der Waals surface area contributed by atoms with Crippen LogP contribution < -0.4 is 9.21 Å². The number of aliphatic hydroxyl groups is 1. The van der Waals surface area contributed by atoms with Crippen molar-refractivity contribution in [3.63, 3.8) is 0 Å². The first kappa shape index (κ1) is 22.1. The Balaban J connectivity index is 1.39. The second-order valence-corrected chi connectivity index (χ2v) is 11.0. The Labute approximate surface area is 186 Å². The van der Waals surface area contributed by atoms with E-state index in [1.165, 1.54) is 27.4 Å². The van der Waals surface area contributed by atoms with Crippen molar-refractivity contribution in [2.24, 2.45) is 0 Å². The molecule has 2 aromatic rings. The first-order valence-electron chi connectivity index (χ1n) is 11.0. The van der Waals surface area contributed by atoms with Crippen molar-refractivity contribution in [2.45, 2.75) is 39.3 Å². The van der Waals surface area contributed by atoms with E-state index >= 15 is 0 Å². The number of rotatable bonds is 5. The Hall–Kier alpha value is -2.09. The van der Waals surface area contributed by atoms with Crippen molar-refractivity contribution in [1.29, 1.82) is 0 Å². The molecular formula is C24H33N3O3S. The van der Waals surface area contributed by atoms with Crippen LogP contribution in [0.1, 0.15) is 35.3 Å². The molecule has 1 N–H and O–H groups in total. The summed E-state index contributed by atoms with van der Waals surface area (Å²) < 4.78 is 25.7. The lowest BCUT2D eigenvalue weighted by Gasteiger charge is -2.37. The van der Waals surface area contributed by atoms with Crippen molar-refractivity contribution in [2.75, 3.05) is 48.2 Å². The summed E-state index contributed by atoms with van der Waals surface area (Å²) in [5.74, 6) is 0. The van der Waals surface area contributed by atoms with Crippen molar-refractivity contribution in [1.82, 2.24) is 4.90 Å². The number of aryl methyl sites for hydroxylation is 2. The van der Waals surface area contributed by atoms with Crippen molar-refractivity contribution < 1.29 is 13.5 Å². The SMILES string of the molecule is Cc1ccc(C)c(N2CCN(C[C@H](O)c3ccc4c(c3)C[C@H](C)N4S(C)(=O)=O)CC2)c1. The zero-order chi connectivity index (χ0) is 22.3. The van der Waals surface area contributed by atoms with E-state index in [9.17, 15) is 13.5 Å². The summed E-state index contributed by atoms with van der Waals surface area (Å²) >= 11 is 0. The van der Waals surface area contributed by atoms with Gasteiger partial charge in [-0.1, -0.05) is 24.3 Å². The Morgan fingerprint density at radius 3 is 2.42 bits per heavy atom. The molecule has 2 aliphatic heterocycles. The summed E-state index contributed by atoms with van der Waals surface area (Å²) in [5.41, 5.74) is 6.48. The van der Waals surface area contributed by atoms with E-state index in [-0.39, 0.29) is 6.04 Å². The van der Waals surface area contributed by atoms with Gasteiger partial charge < -0.3 is 10.0 Å². The molecule has 2 aliphatic rings. The van der Waals surface area contributed by atoms with Gasteiger partial charge in [-0.05, 0) is 61.6 Å². The highest BCUT2D eigenvalue weighted by Crippen LogP contribution is 2.36. The number of aliphatic hydroxyl groups excluding tert-OH is 1. The first-order chi connectivity index (χ1) is 14.6. The van der Waals surface area contributed by atoms with Crippen LogP contribution in [0.3, 0.4) is 0 Å². The van der Waals surface area contributed by atoms with Gasteiger partial charge in [-0.3, -0.25) is 9.21 Å². The highest BCUT2D eigenvalue weighted by Gasteiger charge is 2.33. The Morgan fingerprint density at radius 1 is 1.03 bits per heavy atom. The topological polar surface area (TPSA) is 64.1 Å². The molecular weight excluding hydrogens is 410 g/mol. The summed E-state index contributed by atoms with van der Waals surface area (Å²) in [7, 11) is -3.30. The second kappa shape index (κ2) is 8.45. The Morgan fingerprint density at radius 2 is 1.74 bits per heavy atom. The van der Waals surface area contributed by atoms with E-state index in [0.717, 1.165) is 43.0 Å². The van der Waals surface area contributed by atoms with Crippen LogP contribution in [-0.4, -0.2) is 63.4 Å². The van der Waals surface area contributed by atoms with Crippen LogP contribution in [-0.2, 0) is 16.4 Å². The van der Waals surface area contributed by atoms with E-state index in [4.69, 9.17) is 0 Å². The van der Waals surface area contributed by atoms with Gasteiger partial charge in [-0.25, -0.2) is 8.42 Å². The van der Waals surface area contributed by atoms with Gasteiger partial charge in [0.2, 0.25) is 10.0 Å². The molecule has 4 rings (SSSR count). The van der Waals surface area contributed by atoms with Crippen LogP contribution in [0, 0.1) is 13.8 Å². The molecule has 0 radical (unpaired) electrons. The maximum atomic E-state index is 12.1.